The zero-order valence-corrected chi connectivity index (χ0v) is 15.0. The zero-order valence-electron chi connectivity index (χ0n) is 15.0. The van der Waals surface area contributed by atoms with E-state index in [0.29, 0.717) is 25.1 Å². The van der Waals surface area contributed by atoms with Gasteiger partial charge in [-0.15, -0.1) is 0 Å². The number of aliphatic carboxylic acids is 1. The molecule has 1 aliphatic heterocycles. The fourth-order valence-electron chi connectivity index (χ4n) is 3.44. The van der Waals surface area contributed by atoms with Crippen LogP contribution in [0.2, 0.25) is 0 Å². The Morgan fingerprint density at radius 2 is 1.70 bits per heavy atom. The molecule has 6 heteroatoms. The summed E-state index contributed by atoms with van der Waals surface area (Å²) < 4.78 is 5.91. The van der Waals surface area contributed by atoms with Gasteiger partial charge in [0, 0.05) is 0 Å². The van der Waals surface area contributed by atoms with Crippen molar-refractivity contribution in [1.82, 2.24) is 4.90 Å². The number of hydrogen-bond donors (Lipinski definition) is 2. The number of benzene rings is 2. The lowest BCUT2D eigenvalue weighted by atomic mass is 9.87. The van der Waals surface area contributed by atoms with E-state index in [2.05, 4.69) is 0 Å². The summed E-state index contributed by atoms with van der Waals surface area (Å²) in [6, 6.07) is 17.2. The third kappa shape index (κ3) is 4.11. The Bertz CT molecular complexity index is 766. The minimum Gasteiger partial charge on any atom is -0.480 e. The number of amides is 1. The molecule has 27 heavy (non-hydrogen) atoms. The number of para-hydroxylation sites is 1. The number of unbranched alkanes of at least 4 members (excludes halogenated alkanes) is 1. The maximum atomic E-state index is 12.8. The Hall–Kier alpha value is -2.86. The van der Waals surface area contributed by atoms with Gasteiger partial charge in [0.1, 0.15) is 17.8 Å². The topological polar surface area (TPSA) is 92.9 Å². The van der Waals surface area contributed by atoms with Crippen molar-refractivity contribution < 1.29 is 19.4 Å². The Labute approximate surface area is 158 Å². The van der Waals surface area contributed by atoms with Crippen molar-refractivity contribution in [2.75, 3.05) is 6.54 Å². The predicted octanol–water partition coefficient (Wildman–Crippen LogP) is 2.60. The van der Waals surface area contributed by atoms with Crippen LogP contribution in [-0.4, -0.2) is 40.6 Å². The first-order valence-corrected chi connectivity index (χ1v) is 9.15. The van der Waals surface area contributed by atoms with E-state index >= 15 is 0 Å². The quantitative estimate of drug-likeness (QED) is 0.524. The smallest absolute Gasteiger partial charge is 0.326 e. The normalized spacial score (nSPS) is 20.0. The van der Waals surface area contributed by atoms with Crippen LogP contribution < -0.4 is 10.5 Å². The van der Waals surface area contributed by atoms with Gasteiger partial charge in [-0.1, -0.05) is 48.5 Å². The Morgan fingerprint density at radius 3 is 2.30 bits per heavy atom. The molecular formula is C21H24N2O4. The second-order valence-corrected chi connectivity index (χ2v) is 6.59. The first-order chi connectivity index (χ1) is 13.1. The molecule has 3 rings (SSSR count). The average Bonchev–Trinajstić information content (AvgIpc) is 2.69. The summed E-state index contributed by atoms with van der Waals surface area (Å²) in [4.78, 5) is 26.1. The lowest BCUT2D eigenvalue weighted by Gasteiger charge is -2.49. The molecule has 1 fully saturated rings. The number of nitrogens with two attached hydrogens (primary N) is 1. The highest BCUT2D eigenvalue weighted by Crippen LogP contribution is 2.40. The van der Waals surface area contributed by atoms with E-state index in [-0.39, 0.29) is 5.91 Å². The van der Waals surface area contributed by atoms with Crippen LogP contribution in [0.4, 0.5) is 0 Å². The Balaban J connectivity index is 1.86. The highest BCUT2D eigenvalue weighted by molar-refractivity contribution is 5.93. The fraction of sp³-hybridized carbons (Fsp3) is 0.333. The van der Waals surface area contributed by atoms with E-state index in [4.69, 9.17) is 10.5 Å². The molecule has 0 spiro atoms. The van der Waals surface area contributed by atoms with E-state index < -0.39 is 24.2 Å². The molecule has 0 aliphatic carbocycles. The van der Waals surface area contributed by atoms with Gasteiger partial charge in [-0.05, 0) is 43.5 Å². The van der Waals surface area contributed by atoms with Crippen LogP contribution in [-0.2, 0) is 9.59 Å². The molecule has 0 unspecified atom stereocenters. The summed E-state index contributed by atoms with van der Waals surface area (Å²) in [5.41, 5.74) is 6.38. The lowest BCUT2D eigenvalue weighted by molar-refractivity contribution is -0.177. The second kappa shape index (κ2) is 8.68. The van der Waals surface area contributed by atoms with E-state index in [9.17, 15) is 14.7 Å². The molecule has 0 bridgehead atoms. The molecule has 3 N–H and O–H groups in total. The van der Waals surface area contributed by atoms with Crippen molar-refractivity contribution in [2.24, 2.45) is 5.73 Å². The van der Waals surface area contributed by atoms with Crippen LogP contribution in [0.1, 0.15) is 30.9 Å². The van der Waals surface area contributed by atoms with Crippen molar-refractivity contribution in [3.05, 3.63) is 66.2 Å². The van der Waals surface area contributed by atoms with Crippen LogP contribution in [0, 0.1) is 0 Å². The number of ether oxygens (including phenoxy) is 1. The standard InChI is InChI=1S/C21H24N2O4/c22-14-8-7-13-17(21(25)26)23-18(15-9-3-1-4-10-15)19(20(23)24)27-16-11-5-2-6-12-16/h1-6,9-12,17-19H,7-8,13-14,22H2,(H,25,26)/t17-,18-,19+/m0/s1. The predicted molar refractivity (Wildman–Crippen MR) is 101 cm³/mol. The molecule has 142 valence electrons. The van der Waals surface area contributed by atoms with Gasteiger partial charge in [-0.2, -0.15) is 0 Å². The Kier molecular flexibility index (Phi) is 6.08. The van der Waals surface area contributed by atoms with Gasteiger partial charge < -0.3 is 20.5 Å². The number of carboxylic acid groups (broad SMARTS) is 1. The van der Waals surface area contributed by atoms with Crippen molar-refractivity contribution in [3.8, 4) is 5.75 Å². The summed E-state index contributed by atoms with van der Waals surface area (Å²) in [7, 11) is 0. The third-order valence-corrected chi connectivity index (χ3v) is 4.78. The van der Waals surface area contributed by atoms with E-state index in [1.54, 1.807) is 12.1 Å². The molecule has 1 amide bonds. The van der Waals surface area contributed by atoms with Gasteiger partial charge >= 0.3 is 5.97 Å². The molecule has 2 aromatic rings. The SMILES string of the molecule is NCCCC[C@@H](C(=O)O)N1C(=O)[C@H](Oc2ccccc2)[C@@H]1c1ccccc1. The van der Waals surface area contributed by atoms with Crippen LogP contribution >= 0.6 is 0 Å². The van der Waals surface area contributed by atoms with Crippen LogP contribution in [0.25, 0.3) is 0 Å². The van der Waals surface area contributed by atoms with Gasteiger partial charge in [-0.25, -0.2) is 4.79 Å². The number of hydrogen-bond acceptors (Lipinski definition) is 4. The van der Waals surface area contributed by atoms with Crippen LogP contribution in [0.15, 0.2) is 60.7 Å². The number of rotatable bonds is 9. The van der Waals surface area contributed by atoms with Gasteiger partial charge in [0.15, 0.2) is 0 Å². The molecule has 1 aliphatic rings. The number of likely N-dealkylation sites (tertiary alicyclic amines) is 1. The van der Waals surface area contributed by atoms with Crippen molar-refractivity contribution >= 4 is 11.9 Å². The number of carbonyl (C=O) groups excluding carboxylic acids is 1. The summed E-state index contributed by atoms with van der Waals surface area (Å²) in [6.45, 7) is 0.502. The summed E-state index contributed by atoms with van der Waals surface area (Å²) in [5.74, 6) is -0.709. The molecule has 0 radical (unpaired) electrons. The van der Waals surface area contributed by atoms with Gasteiger partial charge in [0.2, 0.25) is 6.10 Å². The monoisotopic (exact) mass is 368 g/mol. The minimum absolute atomic E-state index is 0.298. The van der Waals surface area contributed by atoms with Crippen molar-refractivity contribution in [2.45, 2.75) is 37.5 Å². The summed E-state index contributed by atoms with van der Waals surface area (Å²) in [5, 5.41) is 9.70. The van der Waals surface area contributed by atoms with Crippen LogP contribution in [0.5, 0.6) is 5.75 Å². The van der Waals surface area contributed by atoms with Gasteiger partial charge in [-0.3, -0.25) is 4.79 Å². The first kappa shape index (κ1) is 18.9. The molecule has 6 nitrogen and oxygen atoms in total. The average molecular weight is 368 g/mol. The third-order valence-electron chi connectivity index (χ3n) is 4.78. The van der Waals surface area contributed by atoms with Gasteiger partial charge in [0.25, 0.3) is 5.91 Å². The van der Waals surface area contributed by atoms with Crippen LogP contribution in [0.3, 0.4) is 0 Å². The van der Waals surface area contributed by atoms with E-state index in [0.717, 1.165) is 12.0 Å². The highest BCUT2D eigenvalue weighted by Gasteiger charge is 2.54. The van der Waals surface area contributed by atoms with E-state index in [1.165, 1.54) is 4.90 Å². The zero-order chi connectivity index (χ0) is 19.2. The minimum atomic E-state index is -1.00. The van der Waals surface area contributed by atoms with E-state index in [1.807, 2.05) is 48.5 Å². The van der Waals surface area contributed by atoms with Crippen molar-refractivity contribution in [3.63, 3.8) is 0 Å². The summed E-state index contributed by atoms with van der Waals surface area (Å²) in [6.07, 6.45) is 1.03. The Morgan fingerprint density at radius 1 is 1.07 bits per heavy atom. The molecule has 1 heterocycles. The number of β-lactam (4-membered cyclic amide) rings is 1. The first-order valence-electron chi connectivity index (χ1n) is 9.15. The lowest BCUT2D eigenvalue weighted by Crippen LogP contribution is -2.66. The maximum Gasteiger partial charge on any atom is 0.326 e. The molecular weight excluding hydrogens is 344 g/mol. The molecule has 1 saturated heterocycles. The second-order valence-electron chi connectivity index (χ2n) is 6.59. The molecule has 2 aromatic carbocycles. The number of carboxylic acids is 1. The molecule has 0 aromatic heterocycles. The highest BCUT2D eigenvalue weighted by atomic mass is 16.5. The largest absolute Gasteiger partial charge is 0.480 e. The number of nitrogens with zero attached hydrogens (tertiary/aromatic N) is 1. The molecule has 0 saturated carbocycles. The summed E-state index contributed by atoms with van der Waals surface area (Å²) >= 11 is 0. The number of carbonyl (C=O) groups is 2. The molecule has 3 atom stereocenters. The van der Waals surface area contributed by atoms with Crippen molar-refractivity contribution in [1.29, 1.82) is 0 Å². The fourth-order valence-corrected chi connectivity index (χ4v) is 3.44. The van der Waals surface area contributed by atoms with Gasteiger partial charge in [0.05, 0.1) is 0 Å². The maximum absolute atomic E-state index is 12.8.